The van der Waals surface area contributed by atoms with Crippen LogP contribution < -0.4 is 5.32 Å². The van der Waals surface area contributed by atoms with E-state index in [9.17, 15) is 14.7 Å². The van der Waals surface area contributed by atoms with Gasteiger partial charge in [-0.15, -0.1) is 0 Å². The quantitative estimate of drug-likeness (QED) is 0.764. The molecule has 1 heterocycles. The van der Waals surface area contributed by atoms with E-state index >= 15 is 0 Å². The molecule has 2 amide bonds. The average Bonchev–Trinajstić information content (AvgIpc) is 3.03. The highest BCUT2D eigenvalue weighted by atomic mass is 16.4. The standard InChI is InChI=1S/C19H33N3O3/c1-21(2)18(9-5-3-4-6-10-18)13-20-17(25)22-12-15-8-7-11-19(15,14-22)16(23)24/h15H,3-14H2,1-2H3,(H,20,25)(H,23,24)/t15-,19+/m0/s1. The second kappa shape index (κ2) is 7.14. The van der Waals surface area contributed by atoms with E-state index in [4.69, 9.17) is 0 Å². The number of nitrogens with zero attached hydrogens (tertiary/aromatic N) is 2. The highest BCUT2D eigenvalue weighted by Crippen LogP contribution is 2.48. The van der Waals surface area contributed by atoms with Crippen molar-refractivity contribution in [1.82, 2.24) is 15.1 Å². The van der Waals surface area contributed by atoms with Crippen LogP contribution in [0, 0.1) is 11.3 Å². The minimum absolute atomic E-state index is 0.0340. The molecule has 0 aromatic rings. The molecule has 6 heteroatoms. The number of fused-ring (bicyclic) bond motifs is 1. The number of urea groups is 1. The van der Waals surface area contributed by atoms with Crippen LogP contribution >= 0.6 is 0 Å². The Morgan fingerprint density at radius 3 is 2.36 bits per heavy atom. The normalized spacial score (nSPS) is 31.6. The molecule has 2 N–H and O–H groups in total. The lowest BCUT2D eigenvalue weighted by molar-refractivity contribution is -0.149. The van der Waals surface area contributed by atoms with Gasteiger partial charge in [0.2, 0.25) is 0 Å². The molecule has 0 radical (unpaired) electrons. The molecule has 2 atom stereocenters. The van der Waals surface area contributed by atoms with Gasteiger partial charge in [-0.05, 0) is 45.7 Å². The van der Waals surface area contributed by atoms with Gasteiger partial charge < -0.3 is 20.2 Å². The van der Waals surface area contributed by atoms with E-state index in [1.807, 2.05) is 0 Å². The highest BCUT2D eigenvalue weighted by molar-refractivity contribution is 5.80. The third-order valence-electron chi connectivity index (χ3n) is 7.14. The fourth-order valence-electron chi connectivity index (χ4n) is 5.31. The molecule has 2 saturated carbocycles. The van der Waals surface area contributed by atoms with Crippen molar-refractivity contribution in [3.8, 4) is 0 Å². The van der Waals surface area contributed by atoms with Gasteiger partial charge >= 0.3 is 12.0 Å². The van der Waals surface area contributed by atoms with Gasteiger partial charge in [-0.2, -0.15) is 0 Å². The first-order valence-corrected chi connectivity index (χ1v) is 9.83. The van der Waals surface area contributed by atoms with Gasteiger partial charge in [0.25, 0.3) is 0 Å². The van der Waals surface area contributed by atoms with Crippen molar-refractivity contribution in [3.05, 3.63) is 0 Å². The first-order valence-electron chi connectivity index (χ1n) is 9.83. The number of carbonyl (C=O) groups excluding carboxylic acids is 1. The molecule has 0 spiro atoms. The Balaban J connectivity index is 1.62. The van der Waals surface area contributed by atoms with Crippen LogP contribution in [-0.2, 0) is 4.79 Å². The summed E-state index contributed by atoms with van der Waals surface area (Å²) in [5.74, 6) is -0.602. The van der Waals surface area contributed by atoms with Crippen molar-refractivity contribution in [2.24, 2.45) is 11.3 Å². The van der Waals surface area contributed by atoms with E-state index in [1.54, 1.807) is 4.90 Å². The van der Waals surface area contributed by atoms with Gasteiger partial charge in [0.05, 0.1) is 5.41 Å². The third kappa shape index (κ3) is 3.37. The maximum Gasteiger partial charge on any atom is 0.317 e. The first kappa shape index (κ1) is 18.5. The number of hydrogen-bond acceptors (Lipinski definition) is 3. The summed E-state index contributed by atoms with van der Waals surface area (Å²) >= 11 is 0. The van der Waals surface area contributed by atoms with Crippen molar-refractivity contribution in [2.45, 2.75) is 63.3 Å². The molecule has 0 aromatic carbocycles. The molecule has 3 rings (SSSR count). The Hall–Kier alpha value is -1.30. The summed E-state index contributed by atoms with van der Waals surface area (Å²) < 4.78 is 0. The number of carboxylic acids is 1. The molecule has 3 aliphatic rings. The average molecular weight is 351 g/mol. The molecule has 2 aliphatic carbocycles. The lowest BCUT2D eigenvalue weighted by Crippen LogP contribution is -2.54. The molecule has 0 unspecified atom stereocenters. The van der Waals surface area contributed by atoms with Crippen molar-refractivity contribution >= 4 is 12.0 Å². The summed E-state index contributed by atoms with van der Waals surface area (Å²) in [6.45, 7) is 1.61. The number of carbonyl (C=O) groups is 2. The van der Waals surface area contributed by atoms with Crippen LogP contribution in [0.5, 0.6) is 0 Å². The zero-order valence-electron chi connectivity index (χ0n) is 15.7. The van der Waals surface area contributed by atoms with E-state index in [-0.39, 0.29) is 17.5 Å². The molecule has 1 saturated heterocycles. The zero-order chi connectivity index (χ0) is 18.1. The highest BCUT2D eigenvalue weighted by Gasteiger charge is 2.55. The maximum absolute atomic E-state index is 12.7. The Labute approximate surface area is 150 Å². The summed E-state index contributed by atoms with van der Waals surface area (Å²) in [5.41, 5.74) is -0.662. The number of hydrogen-bond donors (Lipinski definition) is 2. The van der Waals surface area contributed by atoms with E-state index in [2.05, 4.69) is 24.3 Å². The first-order chi connectivity index (χ1) is 11.9. The number of carboxylic acid groups (broad SMARTS) is 1. The molecule has 6 nitrogen and oxygen atoms in total. The van der Waals surface area contributed by atoms with E-state index in [1.165, 1.54) is 25.7 Å². The van der Waals surface area contributed by atoms with Crippen LogP contribution in [0.25, 0.3) is 0 Å². The Morgan fingerprint density at radius 2 is 1.80 bits per heavy atom. The van der Waals surface area contributed by atoms with E-state index < -0.39 is 11.4 Å². The van der Waals surface area contributed by atoms with Crippen molar-refractivity contribution in [1.29, 1.82) is 0 Å². The topological polar surface area (TPSA) is 72.9 Å². The maximum atomic E-state index is 12.7. The second-order valence-electron chi connectivity index (χ2n) is 8.62. The Kier molecular flexibility index (Phi) is 5.28. The lowest BCUT2D eigenvalue weighted by Gasteiger charge is -2.40. The smallest absolute Gasteiger partial charge is 0.317 e. The van der Waals surface area contributed by atoms with Crippen LogP contribution in [-0.4, -0.2) is 66.2 Å². The summed E-state index contributed by atoms with van der Waals surface area (Å²) in [6, 6.07) is -0.0829. The third-order valence-corrected chi connectivity index (χ3v) is 7.14. The number of nitrogens with one attached hydrogen (secondary N) is 1. The fourth-order valence-corrected chi connectivity index (χ4v) is 5.31. The largest absolute Gasteiger partial charge is 0.481 e. The Bertz CT molecular complexity index is 514. The van der Waals surface area contributed by atoms with Gasteiger partial charge in [-0.3, -0.25) is 4.79 Å². The molecule has 0 aromatic heterocycles. The van der Waals surface area contributed by atoms with Crippen molar-refractivity contribution in [3.63, 3.8) is 0 Å². The van der Waals surface area contributed by atoms with E-state index in [0.717, 1.165) is 25.7 Å². The molecular formula is C19H33N3O3. The van der Waals surface area contributed by atoms with Crippen molar-refractivity contribution < 1.29 is 14.7 Å². The number of likely N-dealkylation sites (tertiary alicyclic amines) is 1. The van der Waals surface area contributed by atoms with Gasteiger partial charge in [0.1, 0.15) is 0 Å². The summed E-state index contributed by atoms with van der Waals surface area (Å²) in [6.07, 6.45) is 9.80. The Morgan fingerprint density at radius 1 is 1.12 bits per heavy atom. The number of rotatable bonds is 4. The predicted molar refractivity (Wildman–Crippen MR) is 96.5 cm³/mol. The number of likely N-dealkylation sites (N-methyl/N-ethyl adjacent to an activating group) is 1. The van der Waals surface area contributed by atoms with E-state index in [0.29, 0.717) is 26.1 Å². The van der Waals surface area contributed by atoms with Crippen LogP contribution in [0.15, 0.2) is 0 Å². The summed E-state index contributed by atoms with van der Waals surface area (Å²) in [5, 5.41) is 12.8. The molecule has 25 heavy (non-hydrogen) atoms. The SMILES string of the molecule is CN(C)C1(CNC(=O)N2C[C@@H]3CCC[C@@]3(C(=O)O)C2)CCCCCC1. The fraction of sp³-hybridized carbons (Fsp3) is 0.895. The lowest BCUT2D eigenvalue weighted by atomic mass is 9.81. The monoisotopic (exact) mass is 351 g/mol. The van der Waals surface area contributed by atoms with Crippen LogP contribution in [0.1, 0.15) is 57.8 Å². The number of aliphatic carboxylic acids is 1. The van der Waals surface area contributed by atoms with Crippen molar-refractivity contribution in [2.75, 3.05) is 33.7 Å². The van der Waals surface area contributed by atoms with Crippen LogP contribution in [0.2, 0.25) is 0 Å². The molecule has 3 fully saturated rings. The van der Waals surface area contributed by atoms with Gasteiger partial charge in [-0.1, -0.05) is 32.1 Å². The minimum atomic E-state index is -0.723. The molecule has 142 valence electrons. The second-order valence-corrected chi connectivity index (χ2v) is 8.62. The number of amides is 2. The molecule has 0 bridgehead atoms. The van der Waals surface area contributed by atoms with Gasteiger partial charge in [0.15, 0.2) is 0 Å². The summed E-state index contributed by atoms with van der Waals surface area (Å²) in [7, 11) is 4.22. The zero-order valence-corrected chi connectivity index (χ0v) is 15.7. The van der Waals surface area contributed by atoms with Gasteiger partial charge in [-0.25, -0.2) is 4.79 Å². The molecule has 1 aliphatic heterocycles. The summed E-state index contributed by atoms with van der Waals surface area (Å²) in [4.78, 5) is 28.6. The minimum Gasteiger partial charge on any atom is -0.481 e. The molecular weight excluding hydrogens is 318 g/mol. The predicted octanol–water partition coefficient (Wildman–Crippen LogP) is 2.54. The van der Waals surface area contributed by atoms with Gasteiger partial charge in [0, 0.05) is 25.2 Å². The van der Waals surface area contributed by atoms with Crippen LogP contribution in [0.4, 0.5) is 4.79 Å². The van der Waals surface area contributed by atoms with Crippen LogP contribution in [0.3, 0.4) is 0 Å².